The van der Waals surface area contributed by atoms with Crippen LogP contribution in [0.15, 0.2) is 30.7 Å². The lowest BCUT2D eigenvalue weighted by atomic mass is 10.4. The molecule has 2 heterocycles. The Hall–Kier alpha value is -1.91. The highest BCUT2D eigenvalue weighted by molar-refractivity contribution is 5.23. The van der Waals surface area contributed by atoms with E-state index in [9.17, 15) is 0 Å². The maximum Gasteiger partial charge on any atom is 0.222 e. The summed E-state index contributed by atoms with van der Waals surface area (Å²) in [6.07, 6.45) is 5.18. The van der Waals surface area contributed by atoms with E-state index in [2.05, 4.69) is 20.4 Å². The van der Waals surface area contributed by atoms with Crippen molar-refractivity contribution in [3.8, 4) is 0 Å². The molecular weight excluding hydrogens is 178 g/mol. The van der Waals surface area contributed by atoms with Crippen LogP contribution in [0.2, 0.25) is 0 Å². The summed E-state index contributed by atoms with van der Waals surface area (Å²) < 4.78 is 1.82. The van der Waals surface area contributed by atoms with Crippen LogP contribution in [0.3, 0.4) is 0 Å². The topological polar surface area (TPSA) is 55.6 Å². The fourth-order valence-corrected chi connectivity index (χ4v) is 1.13. The predicted molar refractivity (Wildman–Crippen MR) is 52.6 cm³/mol. The van der Waals surface area contributed by atoms with Gasteiger partial charge in [-0.25, -0.2) is 9.97 Å². The Bertz CT molecular complexity index is 395. The molecule has 0 radical (unpaired) electrons. The molecule has 5 heteroatoms. The van der Waals surface area contributed by atoms with Gasteiger partial charge in [0.15, 0.2) is 0 Å². The molecule has 0 unspecified atom stereocenters. The number of hydrogen-bond acceptors (Lipinski definition) is 4. The first kappa shape index (κ1) is 8.68. The molecule has 2 aromatic rings. The van der Waals surface area contributed by atoms with Gasteiger partial charge in [0.25, 0.3) is 0 Å². The average Bonchev–Trinajstić information content (AvgIpc) is 2.63. The molecule has 0 atom stereocenters. The van der Waals surface area contributed by atoms with Gasteiger partial charge < -0.3 is 5.32 Å². The molecule has 0 bridgehead atoms. The minimum Gasteiger partial charge on any atom is -0.349 e. The van der Waals surface area contributed by atoms with Crippen molar-refractivity contribution in [1.29, 1.82) is 0 Å². The van der Waals surface area contributed by atoms with Crippen molar-refractivity contribution >= 4 is 5.95 Å². The summed E-state index contributed by atoms with van der Waals surface area (Å²) in [5.74, 6) is 0.633. The van der Waals surface area contributed by atoms with E-state index in [4.69, 9.17) is 0 Å². The molecule has 0 aliphatic heterocycles. The van der Waals surface area contributed by atoms with Gasteiger partial charge in [-0.2, -0.15) is 5.10 Å². The zero-order valence-electron chi connectivity index (χ0n) is 7.88. The molecule has 0 spiro atoms. The monoisotopic (exact) mass is 189 g/mol. The molecule has 14 heavy (non-hydrogen) atoms. The van der Waals surface area contributed by atoms with E-state index < -0.39 is 0 Å². The van der Waals surface area contributed by atoms with Crippen molar-refractivity contribution in [2.24, 2.45) is 7.05 Å². The van der Waals surface area contributed by atoms with E-state index in [1.54, 1.807) is 24.7 Å². The Morgan fingerprint density at radius 1 is 1.29 bits per heavy atom. The van der Waals surface area contributed by atoms with Crippen LogP contribution in [0.25, 0.3) is 0 Å². The van der Waals surface area contributed by atoms with Crippen molar-refractivity contribution in [3.05, 3.63) is 36.4 Å². The van der Waals surface area contributed by atoms with E-state index in [0.717, 1.165) is 5.69 Å². The van der Waals surface area contributed by atoms with E-state index in [1.807, 2.05) is 17.8 Å². The third-order valence-corrected chi connectivity index (χ3v) is 1.92. The number of aromatic nitrogens is 4. The molecule has 0 amide bonds. The van der Waals surface area contributed by atoms with Crippen LogP contribution in [0, 0.1) is 0 Å². The van der Waals surface area contributed by atoms with Crippen LogP contribution in [0.1, 0.15) is 5.69 Å². The van der Waals surface area contributed by atoms with Crippen LogP contribution >= 0.6 is 0 Å². The third-order valence-electron chi connectivity index (χ3n) is 1.92. The second-order valence-electron chi connectivity index (χ2n) is 2.87. The Balaban J connectivity index is 1.99. The summed E-state index contributed by atoms with van der Waals surface area (Å²) in [6, 6.07) is 3.74. The number of nitrogens with one attached hydrogen (secondary N) is 1. The van der Waals surface area contributed by atoms with Gasteiger partial charge in [-0.3, -0.25) is 4.68 Å². The van der Waals surface area contributed by atoms with E-state index >= 15 is 0 Å². The lowest BCUT2D eigenvalue weighted by molar-refractivity contribution is 0.719. The zero-order valence-corrected chi connectivity index (χ0v) is 7.88. The number of anilines is 1. The van der Waals surface area contributed by atoms with Crippen LogP contribution in [0.4, 0.5) is 5.95 Å². The number of nitrogens with zero attached hydrogens (tertiary/aromatic N) is 4. The molecule has 2 aromatic heterocycles. The highest BCUT2D eigenvalue weighted by Crippen LogP contribution is 2.00. The summed E-state index contributed by atoms with van der Waals surface area (Å²) in [7, 11) is 1.91. The maximum absolute atomic E-state index is 4.06. The summed E-state index contributed by atoms with van der Waals surface area (Å²) in [4.78, 5) is 8.11. The molecule has 1 N–H and O–H groups in total. The van der Waals surface area contributed by atoms with Gasteiger partial charge in [0.2, 0.25) is 5.95 Å². The lowest BCUT2D eigenvalue weighted by Crippen LogP contribution is -2.07. The van der Waals surface area contributed by atoms with Gasteiger partial charge in [0, 0.05) is 25.6 Å². The molecule has 0 saturated carbocycles. The molecule has 0 aliphatic rings. The second-order valence-corrected chi connectivity index (χ2v) is 2.87. The average molecular weight is 189 g/mol. The standard InChI is InChI=1S/C9H11N5/c1-14-8(3-6-13-14)7-12-9-10-4-2-5-11-9/h2-6H,7H2,1H3,(H,10,11,12). The number of rotatable bonds is 3. The van der Waals surface area contributed by atoms with E-state index in [1.165, 1.54) is 0 Å². The van der Waals surface area contributed by atoms with E-state index in [0.29, 0.717) is 12.5 Å². The fraction of sp³-hybridized carbons (Fsp3) is 0.222. The number of aryl methyl sites for hydroxylation is 1. The highest BCUT2D eigenvalue weighted by atomic mass is 15.3. The van der Waals surface area contributed by atoms with Crippen molar-refractivity contribution in [2.45, 2.75) is 6.54 Å². The maximum atomic E-state index is 4.06. The quantitative estimate of drug-likeness (QED) is 0.776. The molecule has 0 aromatic carbocycles. The van der Waals surface area contributed by atoms with Crippen molar-refractivity contribution < 1.29 is 0 Å². The molecule has 72 valence electrons. The van der Waals surface area contributed by atoms with Gasteiger partial charge in [-0.05, 0) is 12.1 Å². The number of hydrogen-bond donors (Lipinski definition) is 1. The largest absolute Gasteiger partial charge is 0.349 e. The zero-order chi connectivity index (χ0) is 9.80. The second kappa shape index (κ2) is 3.87. The minimum absolute atomic E-state index is 0.633. The van der Waals surface area contributed by atoms with Crippen molar-refractivity contribution in [1.82, 2.24) is 19.7 Å². The smallest absolute Gasteiger partial charge is 0.222 e. The van der Waals surface area contributed by atoms with Crippen LogP contribution in [0.5, 0.6) is 0 Å². The first-order valence-corrected chi connectivity index (χ1v) is 4.34. The minimum atomic E-state index is 0.633. The summed E-state index contributed by atoms with van der Waals surface area (Å²) in [6.45, 7) is 0.681. The fourth-order valence-electron chi connectivity index (χ4n) is 1.13. The van der Waals surface area contributed by atoms with Gasteiger partial charge in [0.1, 0.15) is 0 Å². The Labute approximate surface area is 81.8 Å². The van der Waals surface area contributed by atoms with Gasteiger partial charge in [0.05, 0.1) is 12.2 Å². The van der Waals surface area contributed by atoms with E-state index in [-0.39, 0.29) is 0 Å². The molecule has 0 fully saturated rings. The Kier molecular flexibility index (Phi) is 2.40. The van der Waals surface area contributed by atoms with Crippen molar-refractivity contribution in [2.75, 3.05) is 5.32 Å². The van der Waals surface area contributed by atoms with Crippen LogP contribution in [-0.2, 0) is 13.6 Å². The van der Waals surface area contributed by atoms with Crippen molar-refractivity contribution in [3.63, 3.8) is 0 Å². The SMILES string of the molecule is Cn1nccc1CNc1ncccn1. The predicted octanol–water partition coefficient (Wildman–Crippen LogP) is 0.822. The van der Waals surface area contributed by atoms with Crippen LogP contribution < -0.4 is 5.32 Å². The first-order valence-electron chi connectivity index (χ1n) is 4.34. The first-order chi connectivity index (χ1) is 6.86. The summed E-state index contributed by atoms with van der Waals surface area (Å²) in [5.41, 5.74) is 1.09. The Morgan fingerprint density at radius 3 is 2.71 bits per heavy atom. The molecule has 2 rings (SSSR count). The molecule has 0 saturated heterocycles. The van der Waals surface area contributed by atoms with Crippen LogP contribution in [-0.4, -0.2) is 19.7 Å². The lowest BCUT2D eigenvalue weighted by Gasteiger charge is -2.03. The third kappa shape index (κ3) is 1.87. The van der Waals surface area contributed by atoms with Gasteiger partial charge >= 0.3 is 0 Å². The van der Waals surface area contributed by atoms with Gasteiger partial charge in [-0.15, -0.1) is 0 Å². The molecular formula is C9H11N5. The molecule has 0 aliphatic carbocycles. The van der Waals surface area contributed by atoms with Gasteiger partial charge in [-0.1, -0.05) is 0 Å². The molecule has 5 nitrogen and oxygen atoms in total. The Morgan fingerprint density at radius 2 is 2.07 bits per heavy atom. The highest BCUT2D eigenvalue weighted by Gasteiger charge is 1.98. The summed E-state index contributed by atoms with van der Waals surface area (Å²) >= 11 is 0. The normalized spacial score (nSPS) is 10.1. The summed E-state index contributed by atoms with van der Waals surface area (Å²) in [5, 5.41) is 7.17.